The van der Waals surface area contributed by atoms with Crippen molar-refractivity contribution in [2.45, 2.75) is 25.9 Å². The summed E-state index contributed by atoms with van der Waals surface area (Å²) in [5.41, 5.74) is 7.94. The third kappa shape index (κ3) is 3.32. The Bertz CT molecular complexity index is 603. The average Bonchev–Trinajstić information content (AvgIpc) is 3.10. The number of ether oxygens (including phenoxy) is 1. The molecule has 2 fully saturated rings. The highest BCUT2D eigenvalue weighted by Crippen LogP contribution is 2.18. The summed E-state index contributed by atoms with van der Waals surface area (Å²) in [7, 11) is 0. The van der Waals surface area contributed by atoms with E-state index in [2.05, 4.69) is 0 Å². The minimum absolute atomic E-state index is 0.0148. The maximum absolute atomic E-state index is 12.6. The van der Waals surface area contributed by atoms with E-state index in [1.165, 1.54) is 0 Å². The summed E-state index contributed by atoms with van der Waals surface area (Å²) in [5, 5.41) is 0. The van der Waals surface area contributed by atoms with E-state index in [9.17, 15) is 9.59 Å². The molecule has 1 aromatic rings. The van der Waals surface area contributed by atoms with Gasteiger partial charge in [0.2, 0.25) is 0 Å². The molecule has 0 aliphatic carbocycles. The predicted octanol–water partition coefficient (Wildman–Crippen LogP) is 1.04. The molecule has 1 aromatic carbocycles. The summed E-state index contributed by atoms with van der Waals surface area (Å²) >= 11 is 0. The van der Waals surface area contributed by atoms with Gasteiger partial charge < -0.3 is 20.3 Å². The predicted molar refractivity (Wildman–Crippen MR) is 87.0 cm³/mol. The van der Waals surface area contributed by atoms with Gasteiger partial charge in [-0.2, -0.15) is 0 Å². The molecule has 2 saturated heterocycles. The zero-order chi connectivity index (χ0) is 16.4. The first-order valence-electron chi connectivity index (χ1n) is 8.12. The first-order chi connectivity index (χ1) is 11.1. The van der Waals surface area contributed by atoms with Gasteiger partial charge in [-0.05, 0) is 37.5 Å². The van der Waals surface area contributed by atoms with Crippen LogP contribution >= 0.6 is 0 Å². The fraction of sp³-hybridized carbons (Fsp3) is 0.529. The molecule has 0 aromatic heterocycles. The highest BCUT2D eigenvalue weighted by atomic mass is 16.5. The number of aryl methyl sites for hydroxylation is 1. The average molecular weight is 317 g/mol. The molecule has 3 rings (SSSR count). The van der Waals surface area contributed by atoms with Crippen LogP contribution in [0.5, 0.6) is 0 Å². The number of carbonyl (C=O) groups excluding carboxylic acids is 2. The quantitative estimate of drug-likeness (QED) is 0.827. The summed E-state index contributed by atoms with van der Waals surface area (Å²) in [6.45, 7) is 4.79. The molecule has 2 amide bonds. The third-order valence-corrected chi connectivity index (χ3v) is 4.58. The molecule has 1 atom stereocenters. The van der Waals surface area contributed by atoms with Crippen molar-refractivity contribution in [3.8, 4) is 0 Å². The second-order valence-electron chi connectivity index (χ2n) is 6.19. The van der Waals surface area contributed by atoms with E-state index in [-0.39, 0.29) is 17.9 Å². The highest BCUT2D eigenvalue weighted by molar-refractivity contribution is 5.96. The van der Waals surface area contributed by atoms with Gasteiger partial charge in [-0.15, -0.1) is 0 Å². The lowest BCUT2D eigenvalue weighted by molar-refractivity contribution is -0.142. The number of benzene rings is 1. The Morgan fingerprint density at radius 1 is 1.17 bits per heavy atom. The van der Waals surface area contributed by atoms with Crippen molar-refractivity contribution in [1.29, 1.82) is 0 Å². The van der Waals surface area contributed by atoms with E-state index < -0.39 is 0 Å². The van der Waals surface area contributed by atoms with Crippen LogP contribution in [-0.2, 0) is 9.53 Å². The zero-order valence-electron chi connectivity index (χ0n) is 13.5. The van der Waals surface area contributed by atoms with Crippen LogP contribution in [0, 0.1) is 6.92 Å². The van der Waals surface area contributed by atoms with Crippen molar-refractivity contribution < 1.29 is 14.3 Å². The number of piperazine rings is 1. The van der Waals surface area contributed by atoms with Crippen LogP contribution in [0.1, 0.15) is 28.8 Å². The van der Waals surface area contributed by atoms with Gasteiger partial charge in [-0.25, -0.2) is 0 Å². The van der Waals surface area contributed by atoms with Crippen LogP contribution in [0.4, 0.5) is 5.69 Å². The minimum atomic E-state index is -0.284. The summed E-state index contributed by atoms with van der Waals surface area (Å²) in [6, 6.07) is 5.38. The van der Waals surface area contributed by atoms with Crippen LogP contribution in [0.2, 0.25) is 0 Å². The van der Waals surface area contributed by atoms with Gasteiger partial charge in [0.1, 0.15) is 6.10 Å². The molecule has 6 heteroatoms. The van der Waals surface area contributed by atoms with Gasteiger partial charge in [0.25, 0.3) is 11.8 Å². The van der Waals surface area contributed by atoms with Crippen molar-refractivity contribution in [2.24, 2.45) is 0 Å². The number of rotatable bonds is 2. The van der Waals surface area contributed by atoms with Crippen LogP contribution < -0.4 is 5.73 Å². The first kappa shape index (κ1) is 15.8. The number of carbonyl (C=O) groups is 2. The number of hydrogen-bond donors (Lipinski definition) is 1. The number of nitrogen functional groups attached to an aromatic ring is 1. The molecule has 2 N–H and O–H groups in total. The molecule has 0 radical (unpaired) electrons. The SMILES string of the molecule is Cc1ccc(N)cc1C(=O)N1CCN(C(=O)C2CCCO2)CC1. The van der Waals surface area contributed by atoms with Gasteiger partial charge in [0, 0.05) is 44.0 Å². The second-order valence-corrected chi connectivity index (χ2v) is 6.19. The van der Waals surface area contributed by atoms with Gasteiger partial charge in [-0.3, -0.25) is 9.59 Å². The van der Waals surface area contributed by atoms with E-state index in [0.29, 0.717) is 44.0 Å². The topological polar surface area (TPSA) is 75.9 Å². The van der Waals surface area contributed by atoms with Crippen LogP contribution in [0.25, 0.3) is 0 Å². The number of hydrogen-bond acceptors (Lipinski definition) is 4. The minimum Gasteiger partial charge on any atom is -0.399 e. The van der Waals surface area contributed by atoms with Gasteiger partial charge in [0.15, 0.2) is 0 Å². The van der Waals surface area contributed by atoms with Crippen molar-refractivity contribution in [3.63, 3.8) is 0 Å². The van der Waals surface area contributed by atoms with Gasteiger partial charge in [0.05, 0.1) is 0 Å². The lowest BCUT2D eigenvalue weighted by atomic mass is 10.1. The monoisotopic (exact) mass is 317 g/mol. The number of anilines is 1. The Labute approximate surface area is 136 Å². The molecule has 2 aliphatic rings. The van der Waals surface area contributed by atoms with E-state index in [1.807, 2.05) is 17.9 Å². The van der Waals surface area contributed by atoms with E-state index in [4.69, 9.17) is 10.5 Å². The molecular formula is C17H23N3O3. The third-order valence-electron chi connectivity index (χ3n) is 4.58. The van der Waals surface area contributed by atoms with Crippen molar-refractivity contribution >= 4 is 17.5 Å². The van der Waals surface area contributed by atoms with E-state index in [0.717, 1.165) is 18.4 Å². The summed E-state index contributed by atoms with van der Waals surface area (Å²) < 4.78 is 5.45. The Balaban J connectivity index is 1.61. The molecule has 124 valence electrons. The van der Waals surface area contributed by atoms with Crippen LogP contribution in [0.15, 0.2) is 18.2 Å². The zero-order valence-corrected chi connectivity index (χ0v) is 13.5. The maximum atomic E-state index is 12.6. The molecule has 2 heterocycles. The first-order valence-corrected chi connectivity index (χ1v) is 8.12. The van der Waals surface area contributed by atoms with Gasteiger partial charge in [-0.1, -0.05) is 6.07 Å². The molecule has 23 heavy (non-hydrogen) atoms. The normalized spacial score (nSPS) is 21.5. The number of nitrogens with zero attached hydrogens (tertiary/aromatic N) is 2. The Morgan fingerprint density at radius 3 is 2.52 bits per heavy atom. The van der Waals surface area contributed by atoms with E-state index in [1.54, 1.807) is 17.0 Å². The fourth-order valence-corrected chi connectivity index (χ4v) is 3.15. The van der Waals surface area contributed by atoms with Crippen LogP contribution in [-0.4, -0.2) is 60.5 Å². The standard InChI is InChI=1S/C17H23N3O3/c1-12-4-5-13(18)11-14(12)16(21)19-6-8-20(9-7-19)17(22)15-3-2-10-23-15/h4-5,11,15H,2-3,6-10,18H2,1H3. The summed E-state index contributed by atoms with van der Waals surface area (Å²) in [4.78, 5) is 28.6. The molecule has 0 saturated carbocycles. The molecule has 6 nitrogen and oxygen atoms in total. The fourth-order valence-electron chi connectivity index (χ4n) is 3.15. The summed E-state index contributed by atoms with van der Waals surface area (Å²) in [6.07, 6.45) is 1.47. The number of amides is 2. The molecule has 2 aliphatic heterocycles. The summed E-state index contributed by atoms with van der Waals surface area (Å²) in [5.74, 6) is 0.0498. The lowest BCUT2D eigenvalue weighted by Crippen LogP contribution is -2.52. The van der Waals surface area contributed by atoms with Gasteiger partial charge >= 0.3 is 0 Å². The largest absolute Gasteiger partial charge is 0.399 e. The second kappa shape index (κ2) is 6.58. The Morgan fingerprint density at radius 2 is 1.87 bits per heavy atom. The maximum Gasteiger partial charge on any atom is 0.254 e. The molecule has 1 unspecified atom stereocenters. The molecule has 0 bridgehead atoms. The Hall–Kier alpha value is -2.08. The highest BCUT2D eigenvalue weighted by Gasteiger charge is 2.31. The van der Waals surface area contributed by atoms with Crippen LogP contribution in [0.3, 0.4) is 0 Å². The van der Waals surface area contributed by atoms with Crippen molar-refractivity contribution in [2.75, 3.05) is 38.5 Å². The molecular weight excluding hydrogens is 294 g/mol. The molecule has 0 spiro atoms. The Kier molecular flexibility index (Phi) is 4.52. The smallest absolute Gasteiger partial charge is 0.254 e. The van der Waals surface area contributed by atoms with Crippen molar-refractivity contribution in [1.82, 2.24) is 9.80 Å². The number of nitrogens with two attached hydrogens (primary N) is 1. The van der Waals surface area contributed by atoms with E-state index >= 15 is 0 Å². The lowest BCUT2D eigenvalue weighted by Gasteiger charge is -2.36. The van der Waals surface area contributed by atoms with Crippen molar-refractivity contribution in [3.05, 3.63) is 29.3 Å².